The van der Waals surface area contributed by atoms with Crippen molar-refractivity contribution in [2.45, 2.75) is 45.2 Å². The highest BCUT2D eigenvalue weighted by Gasteiger charge is 2.21. The zero-order valence-electron chi connectivity index (χ0n) is 17.9. The number of morpholine rings is 1. The number of ether oxygens (including phenoxy) is 1. The molecule has 2 aliphatic heterocycles. The molecule has 0 atom stereocenters. The van der Waals surface area contributed by atoms with Crippen molar-refractivity contribution >= 4 is 29.9 Å². The van der Waals surface area contributed by atoms with Crippen molar-refractivity contribution in [2.75, 3.05) is 59.0 Å². The number of furan rings is 1. The first kappa shape index (κ1) is 24.4. The van der Waals surface area contributed by atoms with E-state index in [1.807, 2.05) is 12.1 Å². The van der Waals surface area contributed by atoms with Crippen molar-refractivity contribution < 1.29 is 9.15 Å². The van der Waals surface area contributed by atoms with Gasteiger partial charge >= 0.3 is 0 Å². The number of piperidine rings is 1. The summed E-state index contributed by atoms with van der Waals surface area (Å²) in [7, 11) is 0. The average Bonchev–Trinajstić information content (AvgIpc) is 3.22. The van der Waals surface area contributed by atoms with E-state index in [2.05, 4.69) is 34.3 Å². The molecule has 0 spiro atoms. The third-order valence-electron chi connectivity index (χ3n) is 5.63. The van der Waals surface area contributed by atoms with Gasteiger partial charge in [-0.25, -0.2) is 0 Å². The Labute approximate surface area is 192 Å². The molecule has 7 nitrogen and oxygen atoms in total. The second-order valence-electron chi connectivity index (χ2n) is 7.99. The Balaban J connectivity index is 0.00000300. The van der Waals surface area contributed by atoms with E-state index in [0.717, 1.165) is 77.2 Å². The highest BCUT2D eigenvalue weighted by Crippen LogP contribution is 2.12. The maximum atomic E-state index is 5.44. The summed E-state index contributed by atoms with van der Waals surface area (Å²) < 4.78 is 10.9. The van der Waals surface area contributed by atoms with Gasteiger partial charge in [0.05, 0.1) is 26.0 Å². The summed E-state index contributed by atoms with van der Waals surface area (Å²) >= 11 is 0. The predicted octanol–water partition coefficient (Wildman–Crippen LogP) is 2.18. The Morgan fingerprint density at radius 2 is 1.97 bits per heavy atom. The molecular weight excluding hydrogens is 481 g/mol. The van der Waals surface area contributed by atoms with Gasteiger partial charge in [0, 0.05) is 57.8 Å². The van der Waals surface area contributed by atoms with E-state index >= 15 is 0 Å². The minimum absolute atomic E-state index is 0. The molecule has 2 saturated heterocycles. The van der Waals surface area contributed by atoms with E-state index in [-0.39, 0.29) is 24.0 Å². The van der Waals surface area contributed by atoms with Crippen LogP contribution in [0, 0.1) is 0 Å². The first-order valence-corrected chi connectivity index (χ1v) is 10.8. The molecule has 0 amide bonds. The molecular formula is C21H38IN5O2. The number of nitrogens with one attached hydrogen (secondary N) is 2. The molecule has 1 aromatic heterocycles. The zero-order valence-corrected chi connectivity index (χ0v) is 20.3. The lowest BCUT2D eigenvalue weighted by Gasteiger charge is -2.35. The van der Waals surface area contributed by atoms with Crippen LogP contribution in [0.1, 0.15) is 32.4 Å². The molecule has 1 aromatic rings. The Morgan fingerprint density at radius 1 is 1.21 bits per heavy atom. The van der Waals surface area contributed by atoms with E-state index in [1.54, 1.807) is 6.26 Å². The van der Waals surface area contributed by atoms with E-state index in [0.29, 0.717) is 12.1 Å². The summed E-state index contributed by atoms with van der Waals surface area (Å²) in [5.74, 6) is 1.94. The fraction of sp³-hybridized carbons (Fsp3) is 0.762. The van der Waals surface area contributed by atoms with Crippen LogP contribution in [0.2, 0.25) is 0 Å². The fourth-order valence-corrected chi connectivity index (χ4v) is 3.79. The zero-order chi connectivity index (χ0) is 19.6. The average molecular weight is 519 g/mol. The lowest BCUT2D eigenvalue weighted by molar-refractivity contribution is 0.0394. The number of guanidine groups is 1. The molecule has 0 aromatic carbocycles. The van der Waals surface area contributed by atoms with Crippen LogP contribution in [-0.4, -0.2) is 86.9 Å². The summed E-state index contributed by atoms with van der Waals surface area (Å²) in [6.07, 6.45) is 4.93. The maximum Gasteiger partial charge on any atom is 0.191 e. The standard InChI is InChI=1S/C21H37N5O2.HI/c1-18(2)26-10-6-19(7-11-26)24-21(22-8-5-20-4-3-15-28-20)23-9-12-25-13-16-27-17-14-25;/h3-4,15,18-19H,5-14,16-17H2,1-2H3,(H2,22,23,24);1H. The lowest BCUT2D eigenvalue weighted by atomic mass is 10.0. The number of nitrogens with zero attached hydrogens (tertiary/aromatic N) is 3. The van der Waals surface area contributed by atoms with Crippen LogP contribution in [0.15, 0.2) is 27.8 Å². The van der Waals surface area contributed by atoms with Gasteiger partial charge in [0.2, 0.25) is 0 Å². The Morgan fingerprint density at radius 3 is 2.62 bits per heavy atom. The minimum Gasteiger partial charge on any atom is -0.469 e. The second-order valence-corrected chi connectivity index (χ2v) is 7.99. The Hall–Kier alpha value is -0.840. The van der Waals surface area contributed by atoms with Gasteiger partial charge in [-0.15, -0.1) is 24.0 Å². The molecule has 29 heavy (non-hydrogen) atoms. The third kappa shape index (κ3) is 8.82. The molecule has 2 N–H and O–H groups in total. The van der Waals surface area contributed by atoms with Crippen LogP contribution in [0.25, 0.3) is 0 Å². The topological polar surface area (TPSA) is 65.3 Å². The first-order chi connectivity index (χ1) is 13.7. The smallest absolute Gasteiger partial charge is 0.191 e. The summed E-state index contributed by atoms with van der Waals surface area (Å²) in [6, 6.07) is 5.08. The number of halogens is 1. The normalized spacial score (nSPS) is 19.9. The molecule has 166 valence electrons. The maximum absolute atomic E-state index is 5.44. The quantitative estimate of drug-likeness (QED) is 0.312. The second kappa shape index (κ2) is 13.5. The largest absolute Gasteiger partial charge is 0.469 e. The SMILES string of the molecule is CC(C)N1CCC(NC(=NCCN2CCOCC2)NCCc2ccco2)CC1.I. The molecule has 0 saturated carbocycles. The summed E-state index contributed by atoms with van der Waals surface area (Å²) in [5, 5.41) is 7.17. The summed E-state index contributed by atoms with van der Waals surface area (Å²) in [5.41, 5.74) is 0. The lowest BCUT2D eigenvalue weighted by Crippen LogP contribution is -2.50. The van der Waals surface area contributed by atoms with Crippen molar-refractivity contribution in [3.8, 4) is 0 Å². The molecule has 0 aliphatic carbocycles. The Kier molecular flexibility index (Phi) is 11.3. The molecule has 2 fully saturated rings. The van der Waals surface area contributed by atoms with Gasteiger partial charge in [-0.05, 0) is 38.8 Å². The number of hydrogen-bond acceptors (Lipinski definition) is 5. The van der Waals surface area contributed by atoms with Crippen molar-refractivity contribution in [3.63, 3.8) is 0 Å². The van der Waals surface area contributed by atoms with Crippen LogP contribution >= 0.6 is 24.0 Å². The van der Waals surface area contributed by atoms with Gasteiger partial charge < -0.3 is 24.7 Å². The Bertz CT molecular complexity index is 568. The van der Waals surface area contributed by atoms with E-state index in [1.165, 1.54) is 12.8 Å². The first-order valence-electron chi connectivity index (χ1n) is 10.8. The van der Waals surface area contributed by atoms with Crippen molar-refractivity contribution in [1.29, 1.82) is 0 Å². The van der Waals surface area contributed by atoms with Crippen LogP contribution < -0.4 is 10.6 Å². The van der Waals surface area contributed by atoms with E-state index in [9.17, 15) is 0 Å². The summed E-state index contributed by atoms with van der Waals surface area (Å²) in [4.78, 5) is 9.83. The molecule has 0 unspecified atom stereocenters. The minimum atomic E-state index is 0. The van der Waals surface area contributed by atoms with E-state index in [4.69, 9.17) is 14.1 Å². The van der Waals surface area contributed by atoms with Gasteiger partial charge in [-0.2, -0.15) is 0 Å². The monoisotopic (exact) mass is 519 g/mol. The number of aliphatic imine (C=N–C) groups is 1. The highest BCUT2D eigenvalue weighted by atomic mass is 127. The molecule has 8 heteroatoms. The third-order valence-corrected chi connectivity index (χ3v) is 5.63. The molecule has 3 rings (SSSR count). The number of likely N-dealkylation sites (tertiary alicyclic amines) is 1. The highest BCUT2D eigenvalue weighted by molar-refractivity contribution is 14.0. The fourth-order valence-electron chi connectivity index (χ4n) is 3.79. The number of hydrogen-bond donors (Lipinski definition) is 2. The molecule has 0 bridgehead atoms. The molecule has 0 radical (unpaired) electrons. The van der Waals surface area contributed by atoms with E-state index < -0.39 is 0 Å². The van der Waals surface area contributed by atoms with Crippen LogP contribution in [0.4, 0.5) is 0 Å². The molecule has 2 aliphatic rings. The van der Waals surface area contributed by atoms with Gasteiger partial charge in [-0.3, -0.25) is 9.89 Å². The predicted molar refractivity (Wildman–Crippen MR) is 128 cm³/mol. The van der Waals surface area contributed by atoms with Crippen LogP contribution in [0.3, 0.4) is 0 Å². The van der Waals surface area contributed by atoms with Gasteiger partial charge in [0.15, 0.2) is 5.96 Å². The molecule has 3 heterocycles. The van der Waals surface area contributed by atoms with Crippen LogP contribution in [0.5, 0.6) is 0 Å². The summed E-state index contributed by atoms with van der Waals surface area (Å²) in [6.45, 7) is 13.2. The van der Waals surface area contributed by atoms with Crippen molar-refractivity contribution in [1.82, 2.24) is 20.4 Å². The van der Waals surface area contributed by atoms with Crippen LogP contribution in [-0.2, 0) is 11.2 Å². The van der Waals surface area contributed by atoms with Crippen molar-refractivity contribution in [2.24, 2.45) is 4.99 Å². The van der Waals surface area contributed by atoms with Gasteiger partial charge in [0.25, 0.3) is 0 Å². The van der Waals surface area contributed by atoms with Gasteiger partial charge in [0.1, 0.15) is 5.76 Å². The van der Waals surface area contributed by atoms with Gasteiger partial charge in [-0.1, -0.05) is 0 Å². The van der Waals surface area contributed by atoms with Crippen molar-refractivity contribution in [3.05, 3.63) is 24.2 Å². The number of rotatable bonds is 8.